The highest BCUT2D eigenvalue weighted by molar-refractivity contribution is 5.91. The second kappa shape index (κ2) is 9.18. The summed E-state index contributed by atoms with van der Waals surface area (Å²) in [7, 11) is 0. The highest BCUT2D eigenvalue weighted by Gasteiger charge is 2.32. The SMILES string of the molecule is CCOc1ccc(NC(=O)C[NH+]2CCC[C@H]2c2ccc3c(c2)OCCCO3)cc1. The fourth-order valence-electron chi connectivity index (χ4n) is 4.13. The van der Waals surface area contributed by atoms with E-state index in [1.54, 1.807) is 0 Å². The Labute approximate surface area is 171 Å². The van der Waals surface area contributed by atoms with Gasteiger partial charge >= 0.3 is 0 Å². The number of carbonyl (C=O) groups is 1. The largest absolute Gasteiger partial charge is 0.494 e. The summed E-state index contributed by atoms with van der Waals surface area (Å²) < 4.78 is 17.0. The number of likely N-dealkylation sites (tertiary alicyclic amines) is 1. The summed E-state index contributed by atoms with van der Waals surface area (Å²) in [5.74, 6) is 2.49. The molecule has 29 heavy (non-hydrogen) atoms. The lowest BCUT2D eigenvalue weighted by atomic mass is 10.0. The van der Waals surface area contributed by atoms with Crippen molar-refractivity contribution in [1.82, 2.24) is 0 Å². The van der Waals surface area contributed by atoms with E-state index in [-0.39, 0.29) is 5.91 Å². The van der Waals surface area contributed by atoms with Crippen LogP contribution in [0.4, 0.5) is 5.69 Å². The van der Waals surface area contributed by atoms with E-state index in [1.807, 2.05) is 37.3 Å². The molecule has 6 heteroatoms. The molecule has 2 atom stereocenters. The molecule has 2 N–H and O–H groups in total. The van der Waals surface area contributed by atoms with E-state index in [0.717, 1.165) is 48.7 Å². The number of anilines is 1. The molecule has 0 aliphatic carbocycles. The summed E-state index contributed by atoms with van der Waals surface area (Å²) in [4.78, 5) is 13.9. The normalized spacial score (nSPS) is 20.7. The van der Waals surface area contributed by atoms with Crippen LogP contribution in [0.5, 0.6) is 17.2 Å². The van der Waals surface area contributed by atoms with E-state index in [2.05, 4.69) is 17.4 Å². The highest BCUT2D eigenvalue weighted by Crippen LogP contribution is 2.33. The van der Waals surface area contributed by atoms with Crippen molar-refractivity contribution in [3.63, 3.8) is 0 Å². The first-order valence-corrected chi connectivity index (χ1v) is 10.5. The van der Waals surface area contributed by atoms with Crippen LogP contribution in [0.1, 0.15) is 37.8 Å². The minimum Gasteiger partial charge on any atom is -0.494 e. The number of quaternary nitrogens is 1. The van der Waals surface area contributed by atoms with E-state index < -0.39 is 0 Å². The van der Waals surface area contributed by atoms with Crippen LogP contribution in [-0.4, -0.2) is 38.8 Å². The summed E-state index contributed by atoms with van der Waals surface area (Å²) in [6, 6.07) is 14.0. The van der Waals surface area contributed by atoms with Gasteiger partial charge in [-0.2, -0.15) is 0 Å². The zero-order chi connectivity index (χ0) is 20.1. The van der Waals surface area contributed by atoms with Crippen LogP contribution in [0.25, 0.3) is 0 Å². The molecule has 0 spiro atoms. The van der Waals surface area contributed by atoms with Gasteiger partial charge in [-0.05, 0) is 49.4 Å². The fourth-order valence-corrected chi connectivity index (χ4v) is 4.13. The molecule has 1 fully saturated rings. The molecule has 154 valence electrons. The van der Waals surface area contributed by atoms with Crippen LogP contribution < -0.4 is 24.4 Å². The van der Waals surface area contributed by atoms with Crippen molar-refractivity contribution in [3.05, 3.63) is 48.0 Å². The molecule has 2 aromatic carbocycles. The van der Waals surface area contributed by atoms with Crippen LogP contribution in [0.15, 0.2) is 42.5 Å². The Balaban J connectivity index is 1.39. The Morgan fingerprint density at radius 2 is 1.90 bits per heavy atom. The first kappa shape index (κ1) is 19.6. The van der Waals surface area contributed by atoms with E-state index >= 15 is 0 Å². The Morgan fingerprint density at radius 3 is 2.69 bits per heavy atom. The molecule has 0 saturated carbocycles. The number of amides is 1. The number of hydrogen-bond acceptors (Lipinski definition) is 4. The number of nitrogens with one attached hydrogen (secondary N) is 2. The molecule has 0 radical (unpaired) electrons. The lowest BCUT2D eigenvalue weighted by Crippen LogP contribution is -3.11. The van der Waals surface area contributed by atoms with E-state index in [9.17, 15) is 4.79 Å². The standard InChI is InChI=1S/C23H28N2O4/c1-2-27-19-9-7-18(8-10-19)24-23(26)16-25-12-3-5-20(25)17-6-11-21-22(15-17)29-14-4-13-28-21/h6-11,15,20H,2-5,12-14,16H2,1H3,(H,24,26)/p+1/t20-/m0/s1. The van der Waals surface area contributed by atoms with Gasteiger partial charge in [0.05, 0.1) is 26.4 Å². The molecule has 2 aromatic rings. The van der Waals surface area contributed by atoms with Gasteiger partial charge in [0.1, 0.15) is 11.8 Å². The second-order valence-electron chi connectivity index (χ2n) is 7.54. The van der Waals surface area contributed by atoms with Crippen molar-refractivity contribution in [1.29, 1.82) is 0 Å². The topological polar surface area (TPSA) is 61.2 Å². The zero-order valence-corrected chi connectivity index (χ0v) is 16.9. The van der Waals surface area contributed by atoms with Crippen LogP contribution in [0.2, 0.25) is 0 Å². The van der Waals surface area contributed by atoms with Crippen molar-refractivity contribution >= 4 is 11.6 Å². The van der Waals surface area contributed by atoms with Crippen LogP contribution in [0, 0.1) is 0 Å². The quantitative estimate of drug-likeness (QED) is 0.787. The molecular formula is C23H29N2O4+. The van der Waals surface area contributed by atoms with E-state index in [1.165, 1.54) is 10.5 Å². The minimum atomic E-state index is 0.0328. The maximum Gasteiger partial charge on any atom is 0.279 e. The number of hydrogen-bond donors (Lipinski definition) is 2. The Morgan fingerprint density at radius 1 is 1.10 bits per heavy atom. The van der Waals surface area contributed by atoms with Crippen LogP contribution in [-0.2, 0) is 4.79 Å². The third-order valence-electron chi connectivity index (χ3n) is 5.49. The van der Waals surface area contributed by atoms with Gasteiger partial charge in [-0.3, -0.25) is 4.79 Å². The third kappa shape index (κ3) is 4.82. The minimum absolute atomic E-state index is 0.0328. The zero-order valence-electron chi connectivity index (χ0n) is 16.9. The number of rotatable bonds is 6. The summed E-state index contributed by atoms with van der Waals surface area (Å²) in [5, 5.41) is 3.01. The Bertz CT molecular complexity index is 837. The number of ether oxygens (including phenoxy) is 3. The van der Waals surface area contributed by atoms with Crippen molar-refractivity contribution in [3.8, 4) is 17.2 Å². The summed E-state index contributed by atoms with van der Waals surface area (Å²) >= 11 is 0. The van der Waals surface area contributed by atoms with Crippen molar-refractivity contribution in [2.75, 3.05) is 38.2 Å². The number of benzene rings is 2. The first-order chi connectivity index (χ1) is 14.2. The molecule has 1 amide bonds. The van der Waals surface area contributed by atoms with Gasteiger partial charge in [0.15, 0.2) is 18.0 Å². The Kier molecular flexibility index (Phi) is 6.20. The lowest BCUT2D eigenvalue weighted by Gasteiger charge is -2.22. The van der Waals surface area contributed by atoms with Crippen molar-refractivity contribution in [2.24, 2.45) is 0 Å². The molecule has 4 rings (SSSR count). The Hall–Kier alpha value is -2.73. The molecule has 6 nitrogen and oxygen atoms in total. The molecule has 1 unspecified atom stereocenters. The predicted molar refractivity (Wildman–Crippen MR) is 111 cm³/mol. The first-order valence-electron chi connectivity index (χ1n) is 10.5. The van der Waals surface area contributed by atoms with E-state index in [4.69, 9.17) is 14.2 Å². The van der Waals surface area contributed by atoms with Crippen LogP contribution >= 0.6 is 0 Å². The molecular weight excluding hydrogens is 368 g/mol. The number of carbonyl (C=O) groups excluding carboxylic acids is 1. The summed E-state index contributed by atoms with van der Waals surface area (Å²) in [6.45, 7) is 5.41. The van der Waals surface area contributed by atoms with Gasteiger partial charge in [0, 0.05) is 30.5 Å². The summed E-state index contributed by atoms with van der Waals surface area (Å²) in [6.07, 6.45) is 3.09. The summed E-state index contributed by atoms with van der Waals surface area (Å²) in [5.41, 5.74) is 2.01. The van der Waals surface area contributed by atoms with Gasteiger partial charge in [-0.25, -0.2) is 0 Å². The third-order valence-corrected chi connectivity index (χ3v) is 5.49. The van der Waals surface area contributed by atoms with E-state index in [0.29, 0.717) is 32.4 Å². The molecule has 2 aliphatic heterocycles. The smallest absolute Gasteiger partial charge is 0.279 e. The highest BCUT2D eigenvalue weighted by atomic mass is 16.5. The van der Waals surface area contributed by atoms with Gasteiger partial charge in [-0.1, -0.05) is 0 Å². The van der Waals surface area contributed by atoms with Gasteiger partial charge in [0.25, 0.3) is 5.91 Å². The molecule has 2 aliphatic rings. The van der Waals surface area contributed by atoms with Crippen molar-refractivity contribution in [2.45, 2.75) is 32.2 Å². The van der Waals surface area contributed by atoms with Gasteiger partial charge < -0.3 is 24.4 Å². The molecule has 2 heterocycles. The monoisotopic (exact) mass is 397 g/mol. The number of fused-ring (bicyclic) bond motifs is 1. The second-order valence-corrected chi connectivity index (χ2v) is 7.54. The van der Waals surface area contributed by atoms with Gasteiger partial charge in [0.2, 0.25) is 0 Å². The predicted octanol–water partition coefficient (Wildman–Crippen LogP) is 2.61. The fraction of sp³-hybridized carbons (Fsp3) is 0.435. The van der Waals surface area contributed by atoms with Gasteiger partial charge in [-0.15, -0.1) is 0 Å². The maximum absolute atomic E-state index is 12.6. The average Bonchev–Trinajstić information content (AvgIpc) is 3.04. The molecule has 0 bridgehead atoms. The van der Waals surface area contributed by atoms with Crippen molar-refractivity contribution < 1.29 is 23.9 Å². The maximum atomic E-state index is 12.6. The average molecular weight is 397 g/mol. The van der Waals surface area contributed by atoms with Crippen LogP contribution in [0.3, 0.4) is 0 Å². The lowest BCUT2D eigenvalue weighted by molar-refractivity contribution is -0.910. The molecule has 1 saturated heterocycles. The molecule has 0 aromatic heterocycles.